The molecule has 0 heterocycles. The van der Waals surface area contributed by atoms with Crippen molar-refractivity contribution in [2.24, 2.45) is 5.73 Å². The third-order valence-electron chi connectivity index (χ3n) is 3.46. The van der Waals surface area contributed by atoms with Gasteiger partial charge in [-0.05, 0) is 47.3 Å². The molecule has 2 rings (SSSR count). The Hall–Kier alpha value is -0.610. The molecule has 16 heavy (non-hydrogen) atoms. The van der Waals surface area contributed by atoms with Crippen molar-refractivity contribution in [1.29, 1.82) is 0 Å². The molecular formula is C12H15BrFNO. The second kappa shape index (κ2) is 4.00. The van der Waals surface area contributed by atoms with Gasteiger partial charge in [-0.1, -0.05) is 6.07 Å². The molecule has 0 radical (unpaired) electrons. The van der Waals surface area contributed by atoms with Gasteiger partial charge in [-0.15, -0.1) is 0 Å². The molecule has 2 nitrogen and oxygen atoms in total. The zero-order valence-corrected chi connectivity index (χ0v) is 11.0. The molecule has 0 bridgehead atoms. The molecular weight excluding hydrogens is 273 g/mol. The van der Waals surface area contributed by atoms with Gasteiger partial charge in [-0.3, -0.25) is 0 Å². The molecule has 2 N–H and O–H groups in total. The summed E-state index contributed by atoms with van der Waals surface area (Å²) in [7, 11) is 1.53. The monoisotopic (exact) mass is 287 g/mol. The summed E-state index contributed by atoms with van der Waals surface area (Å²) in [4.78, 5) is 0. The minimum absolute atomic E-state index is 0.0257. The summed E-state index contributed by atoms with van der Waals surface area (Å²) in [6, 6.07) is 3.54. The molecule has 1 aliphatic rings. The van der Waals surface area contributed by atoms with Gasteiger partial charge in [0.2, 0.25) is 0 Å². The number of nitrogens with two attached hydrogens (primary N) is 1. The molecule has 0 aliphatic heterocycles. The third-order valence-corrected chi connectivity index (χ3v) is 4.20. The van der Waals surface area contributed by atoms with Crippen molar-refractivity contribution >= 4 is 15.9 Å². The molecule has 1 aromatic rings. The number of benzene rings is 1. The lowest BCUT2D eigenvalue weighted by Crippen LogP contribution is -2.32. The lowest BCUT2D eigenvalue weighted by atomic mass is 9.89. The first-order valence-electron chi connectivity index (χ1n) is 5.31. The van der Waals surface area contributed by atoms with Gasteiger partial charge >= 0.3 is 0 Å². The van der Waals surface area contributed by atoms with E-state index in [0.29, 0.717) is 15.8 Å². The smallest absolute Gasteiger partial charge is 0.144 e. The number of hydrogen-bond donors (Lipinski definition) is 1. The zero-order chi connectivity index (χ0) is 11.9. The van der Waals surface area contributed by atoms with Crippen molar-refractivity contribution in [3.05, 3.63) is 28.0 Å². The Morgan fingerprint density at radius 2 is 2.12 bits per heavy atom. The first kappa shape index (κ1) is 11.9. The number of hydrogen-bond acceptors (Lipinski definition) is 2. The van der Waals surface area contributed by atoms with E-state index in [1.54, 1.807) is 12.1 Å². The summed E-state index contributed by atoms with van der Waals surface area (Å²) in [5.41, 5.74) is 6.48. The fourth-order valence-corrected chi connectivity index (χ4v) is 2.69. The minimum atomic E-state index is -0.242. The van der Waals surface area contributed by atoms with Crippen molar-refractivity contribution in [2.45, 2.75) is 31.2 Å². The first-order chi connectivity index (χ1) is 7.53. The average molecular weight is 288 g/mol. The summed E-state index contributed by atoms with van der Waals surface area (Å²) in [6.45, 7) is 1.94. The van der Waals surface area contributed by atoms with Gasteiger partial charge < -0.3 is 10.5 Å². The van der Waals surface area contributed by atoms with E-state index in [1.807, 2.05) is 6.92 Å². The van der Waals surface area contributed by atoms with Gasteiger partial charge in [-0.25, -0.2) is 4.39 Å². The molecule has 88 valence electrons. The van der Waals surface area contributed by atoms with Gasteiger partial charge in [-0.2, -0.15) is 0 Å². The third kappa shape index (κ3) is 1.64. The Kier molecular flexibility index (Phi) is 2.97. The maximum absolute atomic E-state index is 14.2. The van der Waals surface area contributed by atoms with Gasteiger partial charge in [0, 0.05) is 11.5 Å². The van der Waals surface area contributed by atoms with E-state index >= 15 is 0 Å². The highest BCUT2D eigenvalue weighted by molar-refractivity contribution is 9.10. The highest BCUT2D eigenvalue weighted by atomic mass is 79.9. The SMILES string of the molecule is COc1ccc(C2(C(C)N)CC2)c(F)c1Br. The average Bonchev–Trinajstić information content (AvgIpc) is 3.03. The van der Waals surface area contributed by atoms with Gasteiger partial charge in [0.25, 0.3) is 0 Å². The molecule has 1 atom stereocenters. The van der Waals surface area contributed by atoms with Crippen LogP contribution in [0, 0.1) is 5.82 Å². The normalized spacial score (nSPS) is 19.3. The lowest BCUT2D eigenvalue weighted by Gasteiger charge is -2.21. The molecule has 0 aromatic heterocycles. The Morgan fingerprint density at radius 1 is 1.50 bits per heavy atom. The number of rotatable bonds is 3. The van der Waals surface area contributed by atoms with Crippen LogP contribution in [0.4, 0.5) is 4.39 Å². The zero-order valence-electron chi connectivity index (χ0n) is 9.39. The molecule has 0 amide bonds. The van der Waals surface area contributed by atoms with E-state index in [9.17, 15) is 4.39 Å². The van der Waals surface area contributed by atoms with Gasteiger partial charge in [0.05, 0.1) is 11.6 Å². The van der Waals surface area contributed by atoms with E-state index in [0.717, 1.165) is 12.8 Å². The Morgan fingerprint density at radius 3 is 2.56 bits per heavy atom. The summed E-state index contributed by atoms with van der Waals surface area (Å²) >= 11 is 3.22. The molecule has 1 fully saturated rings. The van der Waals surface area contributed by atoms with E-state index in [1.165, 1.54) is 7.11 Å². The van der Waals surface area contributed by atoms with Gasteiger partial charge in [0.15, 0.2) is 0 Å². The topological polar surface area (TPSA) is 35.2 Å². The van der Waals surface area contributed by atoms with E-state index in [4.69, 9.17) is 10.5 Å². The van der Waals surface area contributed by atoms with Crippen molar-refractivity contribution in [2.75, 3.05) is 7.11 Å². The maximum atomic E-state index is 14.2. The number of ether oxygens (including phenoxy) is 1. The fraction of sp³-hybridized carbons (Fsp3) is 0.500. The fourth-order valence-electron chi connectivity index (χ4n) is 2.18. The Labute approximate surface area is 103 Å². The molecule has 4 heteroatoms. The quantitative estimate of drug-likeness (QED) is 0.928. The maximum Gasteiger partial charge on any atom is 0.144 e. The highest BCUT2D eigenvalue weighted by Crippen LogP contribution is 2.52. The van der Waals surface area contributed by atoms with Crippen LogP contribution in [0.1, 0.15) is 25.3 Å². The number of methoxy groups -OCH3 is 1. The first-order valence-corrected chi connectivity index (χ1v) is 6.10. The van der Waals surface area contributed by atoms with Crippen LogP contribution in [0.15, 0.2) is 16.6 Å². The second-order valence-electron chi connectivity index (χ2n) is 4.39. The van der Waals surface area contributed by atoms with Crippen molar-refractivity contribution < 1.29 is 9.13 Å². The molecule has 0 saturated heterocycles. The van der Waals surface area contributed by atoms with Crippen LogP contribution in [0.25, 0.3) is 0 Å². The highest BCUT2D eigenvalue weighted by Gasteiger charge is 2.49. The van der Waals surface area contributed by atoms with E-state index in [2.05, 4.69) is 15.9 Å². The number of halogens is 2. The van der Waals surface area contributed by atoms with Crippen molar-refractivity contribution in [3.8, 4) is 5.75 Å². The van der Waals surface area contributed by atoms with Crippen LogP contribution in [-0.2, 0) is 5.41 Å². The molecule has 0 spiro atoms. The Balaban J connectivity index is 2.48. The van der Waals surface area contributed by atoms with E-state index in [-0.39, 0.29) is 17.3 Å². The molecule has 1 aliphatic carbocycles. The standard InChI is InChI=1S/C12H15BrFNO/c1-7(15)12(5-6-12)8-3-4-9(16-2)10(13)11(8)14/h3-4,7H,5-6,15H2,1-2H3. The minimum Gasteiger partial charge on any atom is -0.495 e. The summed E-state index contributed by atoms with van der Waals surface area (Å²) in [6.07, 6.45) is 1.92. The predicted octanol–water partition coefficient (Wildman–Crippen LogP) is 2.98. The van der Waals surface area contributed by atoms with Crippen LogP contribution in [0.3, 0.4) is 0 Å². The second-order valence-corrected chi connectivity index (χ2v) is 5.18. The van der Waals surface area contributed by atoms with Crippen LogP contribution in [0.5, 0.6) is 5.75 Å². The van der Waals surface area contributed by atoms with E-state index < -0.39 is 0 Å². The summed E-state index contributed by atoms with van der Waals surface area (Å²) in [5, 5.41) is 0. The summed E-state index contributed by atoms with van der Waals surface area (Å²) in [5.74, 6) is 0.274. The Bertz CT molecular complexity index is 416. The molecule has 1 aromatic carbocycles. The van der Waals surface area contributed by atoms with Crippen molar-refractivity contribution in [1.82, 2.24) is 0 Å². The van der Waals surface area contributed by atoms with Crippen LogP contribution in [-0.4, -0.2) is 13.2 Å². The van der Waals surface area contributed by atoms with Crippen LogP contribution < -0.4 is 10.5 Å². The van der Waals surface area contributed by atoms with Crippen LogP contribution >= 0.6 is 15.9 Å². The molecule has 1 saturated carbocycles. The van der Waals surface area contributed by atoms with Crippen molar-refractivity contribution in [3.63, 3.8) is 0 Å². The van der Waals surface area contributed by atoms with Gasteiger partial charge in [0.1, 0.15) is 11.6 Å². The summed E-state index contributed by atoms with van der Waals surface area (Å²) < 4.78 is 19.6. The lowest BCUT2D eigenvalue weighted by molar-refractivity contribution is 0.405. The molecule has 1 unspecified atom stereocenters. The van der Waals surface area contributed by atoms with Crippen LogP contribution in [0.2, 0.25) is 0 Å². The largest absolute Gasteiger partial charge is 0.495 e. The predicted molar refractivity (Wildman–Crippen MR) is 65.2 cm³/mol.